The molecule has 2 aromatic rings. The molecular formula is C43H56O4. The van der Waals surface area contributed by atoms with Gasteiger partial charge in [-0.05, 0) is 99.2 Å². The second-order valence-corrected chi connectivity index (χ2v) is 16.3. The van der Waals surface area contributed by atoms with E-state index in [4.69, 9.17) is 0 Å². The molecule has 0 heterocycles. The van der Waals surface area contributed by atoms with Crippen LogP contribution >= 0.6 is 0 Å². The molecule has 4 aliphatic rings. The quantitative estimate of drug-likeness (QED) is 0.247. The van der Waals surface area contributed by atoms with Gasteiger partial charge in [-0.25, -0.2) is 0 Å². The third-order valence-corrected chi connectivity index (χ3v) is 12.8. The second-order valence-electron chi connectivity index (χ2n) is 16.3. The third kappa shape index (κ3) is 8.23. The first kappa shape index (κ1) is 34.0. The summed E-state index contributed by atoms with van der Waals surface area (Å²) in [6.45, 7) is 3.96. The van der Waals surface area contributed by atoms with Crippen molar-refractivity contribution in [3.05, 3.63) is 70.8 Å². The monoisotopic (exact) mass is 636 g/mol. The number of Topliss-reactive ketones (excluding diaryl/α,β-unsaturated/α-hetero) is 4. The highest BCUT2D eigenvalue weighted by molar-refractivity contribution is 5.97. The molecular weight excluding hydrogens is 580 g/mol. The van der Waals surface area contributed by atoms with Gasteiger partial charge in [0.1, 0.15) is 23.1 Å². The summed E-state index contributed by atoms with van der Waals surface area (Å²) in [7, 11) is 0. The lowest BCUT2D eigenvalue weighted by Crippen LogP contribution is -2.41. The lowest BCUT2D eigenvalue weighted by atomic mass is 9.64. The van der Waals surface area contributed by atoms with E-state index in [9.17, 15) is 19.2 Å². The van der Waals surface area contributed by atoms with Gasteiger partial charge in [0, 0.05) is 48.9 Å². The summed E-state index contributed by atoms with van der Waals surface area (Å²) in [5, 5.41) is 0. The standard InChI is InChI=1S/C43H56O4/c1-29-9-8-10-30(23-29)24-38(44)27-43(2,42(47)35-21-15-32(16-22-35)31-11-4-3-5-12-31)28-41(46)34-19-17-33(18-20-34)39-25-36-13-6-7-14-37(36)26-40(39)45/h6-10,13-14,23,31-35,39H,3-5,11-12,15-22,24-28H2,1-2H3. The highest BCUT2D eigenvalue weighted by Crippen LogP contribution is 2.45. The molecule has 0 bridgehead atoms. The summed E-state index contributed by atoms with van der Waals surface area (Å²) >= 11 is 0. The van der Waals surface area contributed by atoms with Gasteiger partial charge < -0.3 is 0 Å². The van der Waals surface area contributed by atoms with Gasteiger partial charge in [-0.1, -0.05) is 93.1 Å². The Morgan fingerprint density at radius 3 is 2.04 bits per heavy atom. The molecule has 3 saturated carbocycles. The zero-order valence-corrected chi connectivity index (χ0v) is 28.9. The summed E-state index contributed by atoms with van der Waals surface area (Å²) < 4.78 is 0. The maximum absolute atomic E-state index is 14.4. The maximum atomic E-state index is 14.4. The Balaban J connectivity index is 1.10. The summed E-state index contributed by atoms with van der Waals surface area (Å²) in [6, 6.07) is 16.3. The molecule has 4 nitrogen and oxygen atoms in total. The van der Waals surface area contributed by atoms with Crippen LogP contribution in [0.15, 0.2) is 48.5 Å². The van der Waals surface area contributed by atoms with Crippen LogP contribution < -0.4 is 0 Å². The first-order valence-electron chi connectivity index (χ1n) is 18.9. The Bertz CT molecular complexity index is 1430. The number of hydrogen-bond acceptors (Lipinski definition) is 4. The number of carbonyl (C=O) groups is 4. The van der Waals surface area contributed by atoms with E-state index in [-0.39, 0.29) is 47.9 Å². The van der Waals surface area contributed by atoms with Gasteiger partial charge in [-0.15, -0.1) is 0 Å². The van der Waals surface area contributed by atoms with Gasteiger partial charge in [-0.2, -0.15) is 0 Å². The minimum atomic E-state index is -0.958. The number of rotatable bonds is 11. The minimum absolute atomic E-state index is 0.0460. The topological polar surface area (TPSA) is 68.3 Å². The van der Waals surface area contributed by atoms with E-state index in [1.807, 2.05) is 44.2 Å². The summed E-state index contributed by atoms with van der Waals surface area (Å²) in [5.41, 5.74) is 3.60. The summed E-state index contributed by atoms with van der Waals surface area (Å²) in [4.78, 5) is 55.1. The lowest BCUT2D eigenvalue weighted by molar-refractivity contribution is -0.142. The van der Waals surface area contributed by atoms with Crippen molar-refractivity contribution >= 4 is 23.1 Å². The van der Waals surface area contributed by atoms with Crippen molar-refractivity contribution in [1.82, 2.24) is 0 Å². The van der Waals surface area contributed by atoms with Crippen LogP contribution in [-0.4, -0.2) is 23.1 Å². The number of aryl methyl sites for hydroxylation is 1. The average molecular weight is 637 g/mol. The molecule has 2 aromatic carbocycles. The van der Waals surface area contributed by atoms with Crippen molar-refractivity contribution in [2.24, 2.45) is 40.9 Å². The minimum Gasteiger partial charge on any atom is -0.299 e. The Morgan fingerprint density at radius 2 is 1.34 bits per heavy atom. The molecule has 3 fully saturated rings. The van der Waals surface area contributed by atoms with Crippen molar-refractivity contribution in [3.63, 3.8) is 0 Å². The number of fused-ring (bicyclic) bond motifs is 1. The zero-order chi connectivity index (χ0) is 33.0. The molecule has 0 aliphatic heterocycles. The fourth-order valence-corrected chi connectivity index (χ4v) is 10.1. The van der Waals surface area contributed by atoms with E-state index < -0.39 is 5.41 Å². The van der Waals surface area contributed by atoms with Crippen LogP contribution in [0.2, 0.25) is 0 Å². The zero-order valence-electron chi connectivity index (χ0n) is 28.9. The highest BCUT2D eigenvalue weighted by atomic mass is 16.1. The first-order valence-corrected chi connectivity index (χ1v) is 18.9. The van der Waals surface area contributed by atoms with E-state index in [1.54, 1.807) is 0 Å². The number of benzene rings is 2. The van der Waals surface area contributed by atoms with Crippen LogP contribution in [-0.2, 0) is 38.4 Å². The highest BCUT2D eigenvalue weighted by Gasteiger charge is 2.44. The van der Waals surface area contributed by atoms with Crippen molar-refractivity contribution in [2.45, 2.75) is 129 Å². The predicted octanol–water partition coefficient (Wildman–Crippen LogP) is 9.21. The molecule has 0 aromatic heterocycles. The van der Waals surface area contributed by atoms with E-state index in [2.05, 4.69) is 18.2 Å². The largest absolute Gasteiger partial charge is 0.299 e. The van der Waals surface area contributed by atoms with Crippen molar-refractivity contribution in [1.29, 1.82) is 0 Å². The first-order chi connectivity index (χ1) is 22.7. The Morgan fingerprint density at radius 1 is 0.702 bits per heavy atom. The Kier molecular flexibility index (Phi) is 10.9. The predicted molar refractivity (Wildman–Crippen MR) is 187 cm³/mol. The Hall–Kier alpha value is -2.88. The molecule has 0 N–H and O–H groups in total. The van der Waals surface area contributed by atoms with E-state index >= 15 is 0 Å². The van der Waals surface area contributed by atoms with Crippen molar-refractivity contribution < 1.29 is 19.2 Å². The molecule has 6 rings (SSSR count). The van der Waals surface area contributed by atoms with Gasteiger partial charge in [0.25, 0.3) is 0 Å². The van der Waals surface area contributed by atoms with Gasteiger partial charge in [0.05, 0.1) is 0 Å². The normalized spacial score (nSPS) is 28.2. The van der Waals surface area contributed by atoms with Gasteiger partial charge >= 0.3 is 0 Å². The van der Waals surface area contributed by atoms with Crippen LogP contribution in [0, 0.1) is 47.8 Å². The molecule has 0 saturated heterocycles. The lowest BCUT2D eigenvalue weighted by Gasteiger charge is -2.39. The van der Waals surface area contributed by atoms with Crippen LogP contribution in [0.25, 0.3) is 0 Å². The fourth-order valence-electron chi connectivity index (χ4n) is 10.1. The van der Waals surface area contributed by atoms with Crippen LogP contribution in [0.1, 0.15) is 125 Å². The molecule has 4 heteroatoms. The third-order valence-electron chi connectivity index (χ3n) is 12.8. The van der Waals surface area contributed by atoms with Crippen LogP contribution in [0.4, 0.5) is 0 Å². The average Bonchev–Trinajstić information content (AvgIpc) is 3.08. The van der Waals surface area contributed by atoms with Gasteiger partial charge in [-0.3, -0.25) is 19.2 Å². The van der Waals surface area contributed by atoms with Gasteiger partial charge in [0.15, 0.2) is 0 Å². The molecule has 0 radical (unpaired) electrons. The molecule has 252 valence electrons. The fraction of sp³-hybridized carbons (Fsp3) is 0.628. The molecule has 2 unspecified atom stereocenters. The Labute approximate surface area is 282 Å². The SMILES string of the molecule is Cc1cccc(CC(=O)CC(C)(CC(=O)C2CCC(C3Cc4ccccc4CC3=O)CC2)C(=O)C2CCC(C3CCCCC3)CC2)c1. The summed E-state index contributed by atoms with van der Waals surface area (Å²) in [5.74, 6) is 2.50. The smallest absolute Gasteiger partial charge is 0.142 e. The number of hydrogen-bond donors (Lipinski definition) is 0. The molecule has 2 atom stereocenters. The van der Waals surface area contributed by atoms with E-state index in [0.29, 0.717) is 24.5 Å². The van der Waals surface area contributed by atoms with Gasteiger partial charge in [0.2, 0.25) is 0 Å². The van der Waals surface area contributed by atoms with Crippen LogP contribution in [0.5, 0.6) is 0 Å². The maximum Gasteiger partial charge on any atom is 0.142 e. The van der Waals surface area contributed by atoms with E-state index in [0.717, 1.165) is 80.8 Å². The van der Waals surface area contributed by atoms with E-state index in [1.165, 1.54) is 43.2 Å². The molecule has 0 spiro atoms. The molecule has 0 amide bonds. The van der Waals surface area contributed by atoms with Crippen molar-refractivity contribution in [2.75, 3.05) is 0 Å². The molecule has 47 heavy (non-hydrogen) atoms. The molecule has 4 aliphatic carbocycles. The number of carbonyl (C=O) groups excluding carboxylic acids is 4. The second kappa shape index (κ2) is 15.1. The van der Waals surface area contributed by atoms with Crippen molar-refractivity contribution in [3.8, 4) is 0 Å². The van der Waals surface area contributed by atoms with Crippen LogP contribution in [0.3, 0.4) is 0 Å². The number of ketones is 4. The summed E-state index contributed by atoms with van der Waals surface area (Å²) in [6.07, 6.45) is 16.0.